The zero-order valence-electron chi connectivity index (χ0n) is 12.6. The average molecular weight is 327 g/mol. The molecule has 2 atom stereocenters. The first-order valence-corrected chi connectivity index (χ1v) is 8.80. The Kier molecular flexibility index (Phi) is 5.97. The average Bonchev–Trinajstić information content (AvgIpc) is 2.45. The van der Waals surface area contributed by atoms with Crippen molar-refractivity contribution >= 4 is 29.3 Å². The first-order valence-electron chi connectivity index (χ1n) is 7.44. The number of fused-ring (bicyclic) bond motifs is 1. The van der Waals surface area contributed by atoms with Crippen molar-refractivity contribution in [3.63, 3.8) is 0 Å². The third-order valence-corrected chi connectivity index (χ3v) is 5.10. The minimum absolute atomic E-state index is 0.0497. The van der Waals surface area contributed by atoms with Gasteiger partial charge in [0, 0.05) is 22.2 Å². The maximum atomic E-state index is 12.4. The summed E-state index contributed by atoms with van der Waals surface area (Å²) in [4.78, 5) is 13.7. The van der Waals surface area contributed by atoms with Crippen LogP contribution in [0.1, 0.15) is 38.3 Å². The quantitative estimate of drug-likeness (QED) is 0.869. The zero-order chi connectivity index (χ0) is 15.4. The molecule has 1 amide bonds. The van der Waals surface area contributed by atoms with Crippen LogP contribution in [0, 0.1) is 11.8 Å². The predicted molar refractivity (Wildman–Crippen MR) is 89.7 cm³/mol. The van der Waals surface area contributed by atoms with Crippen LogP contribution in [0.25, 0.3) is 0 Å². The maximum absolute atomic E-state index is 12.4. The Balaban J connectivity index is 2.10. The highest BCUT2D eigenvalue weighted by Gasteiger charge is 2.26. The van der Waals surface area contributed by atoms with E-state index in [0.717, 1.165) is 24.2 Å². The monoisotopic (exact) mass is 326 g/mol. The van der Waals surface area contributed by atoms with Crippen molar-refractivity contribution in [2.24, 2.45) is 17.6 Å². The van der Waals surface area contributed by atoms with Gasteiger partial charge in [0.25, 0.3) is 0 Å². The highest BCUT2D eigenvalue weighted by Crippen LogP contribution is 2.37. The Morgan fingerprint density at radius 3 is 2.95 bits per heavy atom. The highest BCUT2D eigenvalue weighted by atomic mass is 35.5. The molecule has 1 aromatic rings. The highest BCUT2D eigenvalue weighted by molar-refractivity contribution is 7.99. The Morgan fingerprint density at radius 1 is 1.52 bits per heavy atom. The summed E-state index contributed by atoms with van der Waals surface area (Å²) in [5, 5.41) is 3.88. The van der Waals surface area contributed by atoms with Gasteiger partial charge in [-0.25, -0.2) is 0 Å². The lowest BCUT2D eigenvalue weighted by molar-refractivity contribution is -0.126. The summed E-state index contributed by atoms with van der Waals surface area (Å²) in [5.74, 6) is 1.43. The normalized spacial score (nSPS) is 19.2. The van der Waals surface area contributed by atoms with Crippen molar-refractivity contribution in [3.8, 4) is 0 Å². The summed E-state index contributed by atoms with van der Waals surface area (Å²) in [6, 6.07) is 5.95. The molecular formula is C16H23ClN2OS. The van der Waals surface area contributed by atoms with Gasteiger partial charge in [0.05, 0.1) is 12.0 Å². The molecule has 3 N–H and O–H groups in total. The van der Waals surface area contributed by atoms with E-state index in [2.05, 4.69) is 19.2 Å². The molecule has 0 radical (unpaired) electrons. The maximum Gasteiger partial charge on any atom is 0.224 e. The Labute approximate surface area is 136 Å². The van der Waals surface area contributed by atoms with E-state index >= 15 is 0 Å². The fraction of sp³-hybridized carbons (Fsp3) is 0.562. The third-order valence-electron chi connectivity index (χ3n) is 3.74. The summed E-state index contributed by atoms with van der Waals surface area (Å²) in [5.41, 5.74) is 6.89. The Bertz CT molecular complexity index is 507. The number of amides is 1. The van der Waals surface area contributed by atoms with Gasteiger partial charge < -0.3 is 11.1 Å². The molecule has 0 aromatic heterocycles. The van der Waals surface area contributed by atoms with E-state index in [1.165, 1.54) is 4.90 Å². The van der Waals surface area contributed by atoms with Gasteiger partial charge in [0.15, 0.2) is 0 Å². The Morgan fingerprint density at radius 2 is 2.29 bits per heavy atom. The van der Waals surface area contributed by atoms with Crippen LogP contribution in [-0.2, 0) is 4.79 Å². The topological polar surface area (TPSA) is 55.1 Å². The van der Waals surface area contributed by atoms with Crippen LogP contribution in [0.15, 0.2) is 23.1 Å². The van der Waals surface area contributed by atoms with Gasteiger partial charge in [-0.2, -0.15) is 0 Å². The van der Waals surface area contributed by atoms with Gasteiger partial charge in [-0.1, -0.05) is 25.4 Å². The van der Waals surface area contributed by atoms with E-state index in [1.807, 2.05) is 30.0 Å². The molecule has 21 heavy (non-hydrogen) atoms. The summed E-state index contributed by atoms with van der Waals surface area (Å²) in [7, 11) is 0. The van der Waals surface area contributed by atoms with E-state index < -0.39 is 0 Å². The largest absolute Gasteiger partial charge is 0.349 e. The lowest BCUT2D eigenvalue weighted by atomic mass is 9.95. The number of rotatable bonds is 5. The molecule has 3 nitrogen and oxygen atoms in total. The van der Waals surface area contributed by atoms with Crippen LogP contribution in [0.2, 0.25) is 5.02 Å². The SMILES string of the molecule is CC(C)CC(CN)C(=O)NC1CCSc2ccc(Cl)cc21. The molecule has 5 heteroatoms. The van der Waals surface area contributed by atoms with Crippen LogP contribution >= 0.6 is 23.4 Å². The van der Waals surface area contributed by atoms with Gasteiger partial charge in [-0.05, 0) is 42.5 Å². The second-order valence-electron chi connectivity index (χ2n) is 5.94. The summed E-state index contributed by atoms with van der Waals surface area (Å²) in [6.45, 7) is 4.62. The lowest BCUT2D eigenvalue weighted by Gasteiger charge is -2.28. The van der Waals surface area contributed by atoms with E-state index in [9.17, 15) is 4.79 Å². The first kappa shape index (κ1) is 16.7. The van der Waals surface area contributed by atoms with E-state index in [0.29, 0.717) is 17.5 Å². The van der Waals surface area contributed by atoms with Gasteiger partial charge in [0.2, 0.25) is 5.91 Å². The fourth-order valence-corrected chi connectivity index (χ4v) is 3.97. The molecule has 2 rings (SSSR count). The van der Waals surface area contributed by atoms with Crippen molar-refractivity contribution in [3.05, 3.63) is 28.8 Å². The minimum Gasteiger partial charge on any atom is -0.349 e. The van der Waals surface area contributed by atoms with E-state index in [-0.39, 0.29) is 17.9 Å². The second kappa shape index (κ2) is 7.52. The molecule has 1 aliphatic rings. The number of hydrogen-bond donors (Lipinski definition) is 2. The number of hydrogen-bond acceptors (Lipinski definition) is 3. The third kappa shape index (κ3) is 4.38. The van der Waals surface area contributed by atoms with Crippen molar-refractivity contribution in [2.75, 3.05) is 12.3 Å². The van der Waals surface area contributed by atoms with Crippen molar-refractivity contribution in [1.29, 1.82) is 0 Å². The summed E-state index contributed by atoms with van der Waals surface area (Å²) in [6.07, 6.45) is 1.76. The number of carbonyl (C=O) groups excluding carboxylic acids is 1. The number of halogens is 1. The van der Waals surface area contributed by atoms with Crippen LogP contribution in [0.4, 0.5) is 0 Å². The standard InChI is InChI=1S/C16H23ClN2OS/c1-10(2)7-11(9-18)16(20)19-14-5-6-21-15-4-3-12(17)8-13(14)15/h3-4,8,10-11,14H,5-7,9,18H2,1-2H3,(H,19,20). The number of thioether (sulfide) groups is 1. The molecule has 0 bridgehead atoms. The van der Waals surface area contributed by atoms with Crippen LogP contribution in [-0.4, -0.2) is 18.2 Å². The molecule has 0 spiro atoms. The first-order chi connectivity index (χ1) is 10.0. The molecule has 0 saturated heterocycles. The summed E-state index contributed by atoms with van der Waals surface area (Å²) >= 11 is 7.91. The number of nitrogens with one attached hydrogen (secondary N) is 1. The smallest absolute Gasteiger partial charge is 0.224 e. The number of benzene rings is 1. The molecule has 0 saturated carbocycles. The van der Waals surface area contributed by atoms with Crippen LogP contribution in [0.3, 0.4) is 0 Å². The zero-order valence-corrected chi connectivity index (χ0v) is 14.1. The van der Waals surface area contributed by atoms with Crippen molar-refractivity contribution in [2.45, 2.75) is 37.6 Å². The van der Waals surface area contributed by atoms with E-state index in [4.69, 9.17) is 17.3 Å². The fourth-order valence-electron chi connectivity index (χ4n) is 2.68. The van der Waals surface area contributed by atoms with Gasteiger partial charge in [0.1, 0.15) is 0 Å². The Hall–Kier alpha value is -0.710. The molecule has 2 unspecified atom stereocenters. The molecule has 0 fully saturated rings. The number of carbonyl (C=O) groups is 1. The minimum atomic E-state index is -0.109. The van der Waals surface area contributed by atoms with E-state index in [1.54, 1.807) is 0 Å². The number of nitrogens with two attached hydrogens (primary N) is 1. The predicted octanol–water partition coefficient (Wildman–Crippen LogP) is 3.61. The summed E-state index contributed by atoms with van der Waals surface area (Å²) < 4.78 is 0. The lowest BCUT2D eigenvalue weighted by Crippen LogP contribution is -2.38. The van der Waals surface area contributed by atoms with Gasteiger partial charge >= 0.3 is 0 Å². The second-order valence-corrected chi connectivity index (χ2v) is 7.52. The molecule has 116 valence electrons. The molecular weight excluding hydrogens is 304 g/mol. The molecule has 1 aliphatic heterocycles. The molecule has 1 heterocycles. The van der Waals surface area contributed by atoms with Crippen LogP contribution < -0.4 is 11.1 Å². The molecule has 0 aliphatic carbocycles. The van der Waals surface area contributed by atoms with Gasteiger partial charge in [-0.3, -0.25) is 4.79 Å². The van der Waals surface area contributed by atoms with Crippen LogP contribution in [0.5, 0.6) is 0 Å². The molecule has 1 aromatic carbocycles. The van der Waals surface area contributed by atoms with Crippen molar-refractivity contribution < 1.29 is 4.79 Å². The van der Waals surface area contributed by atoms with Gasteiger partial charge in [-0.15, -0.1) is 11.8 Å². The van der Waals surface area contributed by atoms with Crippen molar-refractivity contribution in [1.82, 2.24) is 5.32 Å².